The van der Waals surface area contributed by atoms with Gasteiger partial charge in [0.25, 0.3) is 0 Å². The molecule has 0 unspecified atom stereocenters. The number of ether oxygens (including phenoxy) is 1. The predicted molar refractivity (Wildman–Crippen MR) is 72.5 cm³/mol. The van der Waals surface area contributed by atoms with E-state index >= 15 is 0 Å². The minimum Gasteiger partial charge on any atom is -0.508 e. The fourth-order valence-corrected chi connectivity index (χ4v) is 2.10. The number of Topliss-reactive ketones (excluding diaryl/α,β-unsaturated/α-hetero) is 1. The van der Waals surface area contributed by atoms with Crippen molar-refractivity contribution in [1.29, 1.82) is 0 Å². The van der Waals surface area contributed by atoms with Gasteiger partial charge in [-0.3, -0.25) is 4.79 Å². The molecular weight excluding hydrogens is 297 g/mol. The number of alkyl halides is 3. The summed E-state index contributed by atoms with van der Waals surface area (Å²) in [5, 5.41) is 9.36. The van der Waals surface area contributed by atoms with Crippen LogP contribution in [-0.2, 0) is 6.18 Å². The molecule has 0 bridgehead atoms. The Morgan fingerprint density at radius 2 is 1.73 bits per heavy atom. The summed E-state index contributed by atoms with van der Waals surface area (Å²) in [5.41, 5.74) is -0.131. The van der Waals surface area contributed by atoms with E-state index in [0.29, 0.717) is 11.3 Å². The summed E-state index contributed by atoms with van der Waals surface area (Å²) in [6, 6.07) is 8.50. The number of hydrogen-bond donors (Lipinski definition) is 1. The van der Waals surface area contributed by atoms with E-state index in [2.05, 4.69) is 0 Å². The van der Waals surface area contributed by atoms with Crippen molar-refractivity contribution in [2.75, 3.05) is 0 Å². The Morgan fingerprint density at radius 3 is 2.36 bits per heavy atom. The van der Waals surface area contributed by atoms with Gasteiger partial charge in [0.2, 0.25) is 5.78 Å². The summed E-state index contributed by atoms with van der Waals surface area (Å²) in [7, 11) is 0. The van der Waals surface area contributed by atoms with E-state index in [4.69, 9.17) is 4.74 Å². The lowest BCUT2D eigenvalue weighted by molar-refractivity contribution is -0.137. The molecule has 2 aromatic rings. The second kappa shape index (κ2) is 4.91. The van der Waals surface area contributed by atoms with Crippen molar-refractivity contribution in [3.05, 3.63) is 64.9 Å². The monoisotopic (exact) mass is 306 g/mol. The highest BCUT2D eigenvalue weighted by atomic mass is 19.4. The summed E-state index contributed by atoms with van der Waals surface area (Å²) in [5.74, 6) is -0.182. The average molecular weight is 306 g/mol. The van der Waals surface area contributed by atoms with Gasteiger partial charge in [-0.15, -0.1) is 0 Å². The second-order valence-electron chi connectivity index (χ2n) is 4.74. The maximum absolute atomic E-state index is 12.5. The molecule has 0 saturated carbocycles. The normalized spacial score (nSPS) is 15.8. The molecule has 1 N–H and O–H groups in total. The highest BCUT2D eigenvalue weighted by Gasteiger charge is 2.30. The van der Waals surface area contributed by atoms with Crippen LogP contribution in [0.4, 0.5) is 13.2 Å². The van der Waals surface area contributed by atoms with Gasteiger partial charge in [0.1, 0.15) is 11.5 Å². The van der Waals surface area contributed by atoms with Crippen molar-refractivity contribution >= 4 is 11.9 Å². The van der Waals surface area contributed by atoms with Crippen LogP contribution in [0.25, 0.3) is 6.08 Å². The number of allylic oxidation sites excluding steroid dienone is 1. The molecule has 0 amide bonds. The first-order valence-corrected chi connectivity index (χ1v) is 6.29. The van der Waals surface area contributed by atoms with E-state index in [1.165, 1.54) is 36.4 Å². The van der Waals surface area contributed by atoms with Gasteiger partial charge in [-0.25, -0.2) is 0 Å². The zero-order chi connectivity index (χ0) is 15.9. The molecule has 6 heteroatoms. The fourth-order valence-electron chi connectivity index (χ4n) is 2.10. The number of phenols is 1. The first kappa shape index (κ1) is 14.2. The molecule has 1 aliphatic heterocycles. The van der Waals surface area contributed by atoms with Crippen LogP contribution in [0.1, 0.15) is 21.5 Å². The molecular formula is C16H9F3O3. The lowest BCUT2D eigenvalue weighted by atomic mass is 10.1. The molecule has 0 atom stereocenters. The third-order valence-corrected chi connectivity index (χ3v) is 3.19. The number of rotatable bonds is 1. The summed E-state index contributed by atoms with van der Waals surface area (Å²) in [4.78, 5) is 12.1. The lowest BCUT2D eigenvalue weighted by Crippen LogP contribution is -2.04. The number of carbonyl (C=O) groups is 1. The molecule has 0 fully saturated rings. The zero-order valence-corrected chi connectivity index (χ0v) is 11.0. The Labute approximate surface area is 123 Å². The molecule has 0 aliphatic carbocycles. The molecule has 1 aliphatic rings. The molecule has 0 aromatic heterocycles. The maximum Gasteiger partial charge on any atom is 0.416 e. The number of benzene rings is 2. The fraction of sp³-hybridized carbons (Fsp3) is 0.0625. The number of halogens is 3. The van der Waals surface area contributed by atoms with Gasteiger partial charge < -0.3 is 9.84 Å². The van der Waals surface area contributed by atoms with Crippen molar-refractivity contribution in [1.82, 2.24) is 0 Å². The molecule has 3 rings (SSSR count). The van der Waals surface area contributed by atoms with E-state index in [9.17, 15) is 23.1 Å². The standard InChI is InChI=1S/C16H9F3O3/c17-16(18,19)10-3-1-9(2-4-10)7-14-15(21)12-8-11(20)5-6-13(12)22-14/h1-8,20H/b14-7-. The molecule has 112 valence electrons. The van der Waals surface area contributed by atoms with E-state index in [1.807, 2.05) is 0 Å². The first-order valence-electron chi connectivity index (χ1n) is 6.29. The lowest BCUT2D eigenvalue weighted by Gasteiger charge is -2.06. The van der Waals surface area contributed by atoms with Gasteiger partial charge in [-0.05, 0) is 42.0 Å². The number of hydrogen-bond acceptors (Lipinski definition) is 3. The van der Waals surface area contributed by atoms with Crippen molar-refractivity contribution in [3.63, 3.8) is 0 Å². The van der Waals surface area contributed by atoms with Crippen molar-refractivity contribution < 1.29 is 27.8 Å². The third-order valence-electron chi connectivity index (χ3n) is 3.19. The number of phenolic OH excluding ortho intramolecular Hbond substituents is 1. The summed E-state index contributed by atoms with van der Waals surface area (Å²) in [6.45, 7) is 0. The van der Waals surface area contributed by atoms with Gasteiger partial charge in [0.05, 0.1) is 11.1 Å². The Morgan fingerprint density at radius 1 is 1.05 bits per heavy atom. The number of ketones is 1. The van der Waals surface area contributed by atoms with Crippen LogP contribution in [0.15, 0.2) is 48.2 Å². The zero-order valence-electron chi connectivity index (χ0n) is 11.0. The third kappa shape index (κ3) is 2.55. The molecule has 1 heterocycles. The van der Waals surface area contributed by atoms with Crippen LogP contribution in [0.2, 0.25) is 0 Å². The van der Waals surface area contributed by atoms with Crippen LogP contribution in [0.5, 0.6) is 11.5 Å². The van der Waals surface area contributed by atoms with Crippen LogP contribution in [-0.4, -0.2) is 10.9 Å². The Bertz CT molecular complexity index is 774. The quantitative estimate of drug-likeness (QED) is 0.809. The molecule has 0 saturated heterocycles. The highest BCUT2D eigenvalue weighted by molar-refractivity contribution is 6.14. The van der Waals surface area contributed by atoms with Gasteiger partial charge >= 0.3 is 6.18 Å². The number of fused-ring (bicyclic) bond motifs is 1. The summed E-state index contributed by atoms with van der Waals surface area (Å²) < 4.78 is 42.8. The largest absolute Gasteiger partial charge is 0.508 e. The molecule has 0 spiro atoms. The first-order chi connectivity index (χ1) is 10.3. The van der Waals surface area contributed by atoms with E-state index in [-0.39, 0.29) is 17.1 Å². The molecule has 3 nitrogen and oxygen atoms in total. The number of aromatic hydroxyl groups is 1. The Kier molecular flexibility index (Phi) is 3.16. The van der Waals surface area contributed by atoms with Gasteiger partial charge in [0, 0.05) is 0 Å². The molecule has 0 radical (unpaired) electrons. The average Bonchev–Trinajstić information content (AvgIpc) is 2.75. The predicted octanol–water partition coefficient (Wildman–Crippen LogP) is 4.03. The van der Waals surface area contributed by atoms with Crippen LogP contribution in [0.3, 0.4) is 0 Å². The van der Waals surface area contributed by atoms with Gasteiger partial charge in [0.15, 0.2) is 5.76 Å². The summed E-state index contributed by atoms with van der Waals surface area (Å²) >= 11 is 0. The van der Waals surface area contributed by atoms with Crippen LogP contribution >= 0.6 is 0 Å². The minimum absolute atomic E-state index is 0.000332. The second-order valence-corrected chi connectivity index (χ2v) is 4.74. The van der Waals surface area contributed by atoms with Crippen molar-refractivity contribution in [2.45, 2.75) is 6.18 Å². The Balaban J connectivity index is 1.90. The van der Waals surface area contributed by atoms with Crippen molar-refractivity contribution in [2.24, 2.45) is 0 Å². The van der Waals surface area contributed by atoms with E-state index in [1.54, 1.807) is 0 Å². The van der Waals surface area contributed by atoms with Gasteiger partial charge in [-0.2, -0.15) is 13.2 Å². The molecule has 2 aromatic carbocycles. The van der Waals surface area contributed by atoms with E-state index in [0.717, 1.165) is 12.1 Å². The topological polar surface area (TPSA) is 46.5 Å². The highest BCUT2D eigenvalue weighted by Crippen LogP contribution is 2.34. The number of carbonyl (C=O) groups excluding carboxylic acids is 1. The minimum atomic E-state index is -4.40. The molecule has 22 heavy (non-hydrogen) atoms. The Hall–Kier alpha value is -2.76. The smallest absolute Gasteiger partial charge is 0.416 e. The SMILES string of the molecule is O=C1/C(=C/c2ccc(C(F)(F)F)cc2)Oc2ccc(O)cc21. The van der Waals surface area contributed by atoms with Gasteiger partial charge in [-0.1, -0.05) is 12.1 Å². The summed E-state index contributed by atoms with van der Waals surface area (Å²) in [6.07, 6.45) is -3.04. The van der Waals surface area contributed by atoms with Crippen LogP contribution in [0, 0.1) is 0 Å². The van der Waals surface area contributed by atoms with E-state index < -0.39 is 17.5 Å². The maximum atomic E-state index is 12.5. The van der Waals surface area contributed by atoms with Crippen molar-refractivity contribution in [3.8, 4) is 11.5 Å². The van der Waals surface area contributed by atoms with Crippen LogP contribution < -0.4 is 4.74 Å².